The summed E-state index contributed by atoms with van der Waals surface area (Å²) < 4.78 is 4.87. The lowest BCUT2D eigenvalue weighted by molar-refractivity contribution is -0.122. The van der Waals surface area contributed by atoms with E-state index in [-0.39, 0.29) is 10.9 Å². The SMILES string of the molecule is CN1C(=O)O/C(=C/c2cc3ccccc3nc2Cl)C1=O. The zero-order valence-electron chi connectivity index (χ0n) is 10.5. The van der Waals surface area contributed by atoms with Crippen molar-refractivity contribution >= 4 is 40.6 Å². The molecule has 100 valence electrons. The number of benzene rings is 1. The maximum atomic E-state index is 11.7. The van der Waals surface area contributed by atoms with Gasteiger partial charge in [0.05, 0.1) is 5.52 Å². The number of pyridine rings is 1. The van der Waals surface area contributed by atoms with Gasteiger partial charge in [0.1, 0.15) is 5.15 Å². The lowest BCUT2D eigenvalue weighted by atomic mass is 10.1. The summed E-state index contributed by atoms with van der Waals surface area (Å²) in [6.07, 6.45) is 0.719. The minimum atomic E-state index is -0.703. The maximum absolute atomic E-state index is 11.7. The summed E-state index contributed by atoms with van der Waals surface area (Å²) in [5, 5.41) is 1.13. The molecular weight excluding hydrogens is 280 g/mol. The van der Waals surface area contributed by atoms with E-state index in [4.69, 9.17) is 16.3 Å². The number of carbonyl (C=O) groups is 2. The molecule has 0 aliphatic carbocycles. The standard InChI is InChI=1S/C14H9ClN2O3/c1-17-13(18)11(20-14(17)19)7-9-6-8-4-2-3-5-10(8)16-12(9)15/h2-7H,1H3/b11-7+. The van der Waals surface area contributed by atoms with E-state index in [2.05, 4.69) is 4.98 Å². The second-order valence-corrected chi connectivity index (χ2v) is 4.66. The van der Waals surface area contributed by atoms with Gasteiger partial charge in [0, 0.05) is 18.0 Å². The summed E-state index contributed by atoms with van der Waals surface area (Å²) in [7, 11) is 1.35. The average molecular weight is 289 g/mol. The molecule has 20 heavy (non-hydrogen) atoms. The molecule has 1 saturated heterocycles. The van der Waals surface area contributed by atoms with Crippen molar-refractivity contribution in [2.45, 2.75) is 0 Å². The van der Waals surface area contributed by atoms with Gasteiger partial charge in [-0.3, -0.25) is 4.79 Å². The second-order valence-electron chi connectivity index (χ2n) is 4.30. The third kappa shape index (κ3) is 2.02. The largest absolute Gasteiger partial charge is 0.422 e. The van der Waals surface area contributed by atoms with Gasteiger partial charge in [-0.1, -0.05) is 29.8 Å². The van der Waals surface area contributed by atoms with Crippen molar-refractivity contribution in [3.63, 3.8) is 0 Å². The molecule has 1 aliphatic heterocycles. The molecule has 1 aromatic heterocycles. The number of carbonyl (C=O) groups excluding carboxylic acids is 2. The quantitative estimate of drug-likeness (QED) is 0.598. The van der Waals surface area contributed by atoms with E-state index < -0.39 is 12.0 Å². The Kier molecular flexibility index (Phi) is 2.91. The number of hydrogen-bond donors (Lipinski definition) is 0. The van der Waals surface area contributed by atoms with Gasteiger partial charge in [0.25, 0.3) is 5.91 Å². The predicted molar refractivity (Wildman–Crippen MR) is 74.0 cm³/mol. The fraction of sp³-hybridized carbons (Fsp3) is 0.0714. The van der Waals surface area contributed by atoms with Crippen LogP contribution < -0.4 is 0 Å². The number of likely N-dealkylation sites (N-methyl/N-ethyl adjacent to an activating group) is 1. The lowest BCUT2D eigenvalue weighted by Gasteiger charge is -2.02. The molecule has 1 aromatic carbocycles. The number of nitrogens with zero attached hydrogens (tertiary/aromatic N) is 2. The first-order chi connectivity index (χ1) is 9.56. The summed E-state index contributed by atoms with van der Waals surface area (Å²) >= 11 is 6.08. The summed E-state index contributed by atoms with van der Waals surface area (Å²) in [4.78, 5) is 28.2. The number of fused-ring (bicyclic) bond motifs is 1. The van der Waals surface area contributed by atoms with Gasteiger partial charge in [0.15, 0.2) is 5.76 Å². The van der Waals surface area contributed by atoms with Crippen molar-refractivity contribution < 1.29 is 14.3 Å². The van der Waals surface area contributed by atoms with Crippen LogP contribution in [0.4, 0.5) is 4.79 Å². The zero-order valence-corrected chi connectivity index (χ0v) is 11.2. The van der Waals surface area contributed by atoms with Gasteiger partial charge in [0.2, 0.25) is 0 Å². The Bertz CT molecular complexity index is 770. The fourth-order valence-electron chi connectivity index (χ4n) is 1.90. The number of cyclic esters (lactones) is 1. The van der Waals surface area contributed by atoms with Gasteiger partial charge < -0.3 is 4.74 Å². The van der Waals surface area contributed by atoms with Crippen molar-refractivity contribution in [3.05, 3.63) is 46.8 Å². The van der Waals surface area contributed by atoms with Gasteiger partial charge in [-0.2, -0.15) is 0 Å². The van der Waals surface area contributed by atoms with Crippen LogP contribution in [-0.2, 0) is 9.53 Å². The predicted octanol–water partition coefficient (Wildman–Crippen LogP) is 2.84. The molecule has 2 heterocycles. The molecule has 0 radical (unpaired) electrons. The summed E-state index contributed by atoms with van der Waals surface area (Å²) in [6.45, 7) is 0. The number of aromatic nitrogens is 1. The number of ether oxygens (including phenoxy) is 1. The molecule has 0 saturated carbocycles. The molecule has 6 heteroatoms. The third-order valence-electron chi connectivity index (χ3n) is 2.98. The number of imide groups is 1. The Morgan fingerprint density at radius 3 is 2.75 bits per heavy atom. The smallest absolute Gasteiger partial charge is 0.404 e. The van der Waals surface area contributed by atoms with Crippen molar-refractivity contribution in [2.24, 2.45) is 0 Å². The van der Waals surface area contributed by atoms with E-state index in [9.17, 15) is 9.59 Å². The van der Waals surface area contributed by atoms with Crippen LogP contribution in [0.25, 0.3) is 17.0 Å². The van der Waals surface area contributed by atoms with Crippen molar-refractivity contribution in [1.82, 2.24) is 9.88 Å². The van der Waals surface area contributed by atoms with Crippen LogP contribution in [0.3, 0.4) is 0 Å². The van der Waals surface area contributed by atoms with E-state index >= 15 is 0 Å². The van der Waals surface area contributed by atoms with E-state index in [0.29, 0.717) is 5.56 Å². The van der Waals surface area contributed by atoms with Gasteiger partial charge in [-0.05, 0) is 18.2 Å². The normalized spacial score (nSPS) is 17.1. The highest BCUT2D eigenvalue weighted by Gasteiger charge is 2.33. The molecule has 0 bridgehead atoms. The van der Waals surface area contributed by atoms with E-state index in [1.54, 1.807) is 6.07 Å². The summed E-state index contributed by atoms with van der Waals surface area (Å²) in [5.41, 5.74) is 1.28. The topological polar surface area (TPSA) is 59.5 Å². The molecule has 1 aliphatic rings. The first-order valence-electron chi connectivity index (χ1n) is 5.83. The Hall–Kier alpha value is -2.40. The first kappa shape index (κ1) is 12.6. The van der Waals surface area contributed by atoms with Crippen molar-refractivity contribution in [2.75, 3.05) is 7.05 Å². The fourth-order valence-corrected chi connectivity index (χ4v) is 2.10. The third-order valence-corrected chi connectivity index (χ3v) is 3.28. The zero-order chi connectivity index (χ0) is 14.3. The van der Waals surface area contributed by atoms with Gasteiger partial charge in [-0.25, -0.2) is 14.7 Å². The van der Waals surface area contributed by atoms with Crippen LogP contribution in [0, 0.1) is 0 Å². The molecule has 3 rings (SSSR count). The Morgan fingerprint density at radius 2 is 2.05 bits per heavy atom. The number of para-hydroxylation sites is 1. The molecule has 0 spiro atoms. The van der Waals surface area contributed by atoms with Crippen LogP contribution in [0.2, 0.25) is 5.15 Å². The van der Waals surface area contributed by atoms with Crippen molar-refractivity contribution in [3.8, 4) is 0 Å². The summed E-state index contributed by atoms with van der Waals surface area (Å²) in [6, 6.07) is 9.25. The molecular formula is C14H9ClN2O3. The monoisotopic (exact) mass is 288 g/mol. The minimum absolute atomic E-state index is 0.0588. The highest BCUT2D eigenvalue weighted by Crippen LogP contribution is 2.25. The van der Waals surface area contributed by atoms with Crippen LogP contribution in [-0.4, -0.2) is 28.9 Å². The average Bonchev–Trinajstić information content (AvgIpc) is 2.67. The molecule has 0 unspecified atom stereocenters. The Labute approximate surface area is 119 Å². The highest BCUT2D eigenvalue weighted by molar-refractivity contribution is 6.31. The van der Waals surface area contributed by atoms with Gasteiger partial charge in [-0.15, -0.1) is 0 Å². The molecule has 0 N–H and O–H groups in total. The Morgan fingerprint density at radius 1 is 1.30 bits per heavy atom. The van der Waals surface area contributed by atoms with E-state index in [1.165, 1.54) is 13.1 Å². The number of hydrogen-bond acceptors (Lipinski definition) is 4. The van der Waals surface area contributed by atoms with E-state index in [0.717, 1.165) is 15.8 Å². The summed E-state index contributed by atoms with van der Waals surface area (Å²) in [5.74, 6) is -0.560. The highest BCUT2D eigenvalue weighted by atomic mass is 35.5. The number of rotatable bonds is 1. The van der Waals surface area contributed by atoms with Crippen LogP contribution in [0.15, 0.2) is 36.1 Å². The second kappa shape index (κ2) is 4.61. The maximum Gasteiger partial charge on any atom is 0.422 e. The minimum Gasteiger partial charge on any atom is -0.404 e. The Balaban J connectivity index is 2.09. The lowest BCUT2D eigenvalue weighted by Crippen LogP contribution is -2.23. The molecule has 2 aromatic rings. The van der Waals surface area contributed by atoms with E-state index in [1.807, 2.05) is 24.3 Å². The molecule has 2 amide bonds. The first-order valence-corrected chi connectivity index (χ1v) is 6.21. The molecule has 1 fully saturated rings. The van der Waals surface area contributed by atoms with Crippen LogP contribution in [0.5, 0.6) is 0 Å². The van der Waals surface area contributed by atoms with Crippen molar-refractivity contribution in [1.29, 1.82) is 0 Å². The van der Waals surface area contributed by atoms with Crippen LogP contribution in [0.1, 0.15) is 5.56 Å². The number of amides is 2. The molecule has 0 atom stereocenters. The molecule has 5 nitrogen and oxygen atoms in total. The van der Waals surface area contributed by atoms with Crippen LogP contribution >= 0.6 is 11.6 Å². The number of halogens is 1. The van der Waals surface area contributed by atoms with Gasteiger partial charge >= 0.3 is 6.09 Å².